The SMILES string of the molecule is CC(C(=O)Nc1cc(C2CC2)[nH]n1)c1ccc(N2C(=O)c3ccccc3C2=O)cc1. The Morgan fingerprint density at radius 1 is 1.07 bits per heavy atom. The molecule has 5 rings (SSSR count). The van der Waals surface area contributed by atoms with Crippen LogP contribution in [-0.2, 0) is 4.79 Å². The Labute approximate surface area is 173 Å². The third kappa shape index (κ3) is 3.08. The van der Waals surface area contributed by atoms with E-state index in [-0.39, 0.29) is 17.7 Å². The predicted molar refractivity (Wildman–Crippen MR) is 112 cm³/mol. The zero-order valence-electron chi connectivity index (χ0n) is 16.4. The van der Waals surface area contributed by atoms with E-state index in [1.54, 1.807) is 55.5 Å². The Morgan fingerprint density at radius 2 is 1.70 bits per heavy atom. The molecule has 1 saturated carbocycles. The number of amides is 3. The Bertz CT molecular complexity index is 1130. The number of nitrogens with zero attached hydrogens (tertiary/aromatic N) is 2. The maximum absolute atomic E-state index is 12.6. The maximum Gasteiger partial charge on any atom is 0.266 e. The summed E-state index contributed by atoms with van der Waals surface area (Å²) >= 11 is 0. The fraction of sp³-hybridized carbons (Fsp3) is 0.217. The molecule has 30 heavy (non-hydrogen) atoms. The van der Waals surface area contributed by atoms with Gasteiger partial charge in [0.1, 0.15) is 0 Å². The molecule has 0 saturated heterocycles. The molecule has 2 N–H and O–H groups in total. The van der Waals surface area contributed by atoms with Crippen molar-refractivity contribution in [1.82, 2.24) is 10.2 Å². The molecule has 1 aliphatic heterocycles. The van der Waals surface area contributed by atoms with Gasteiger partial charge in [0, 0.05) is 17.7 Å². The highest BCUT2D eigenvalue weighted by Gasteiger charge is 2.36. The maximum atomic E-state index is 12.6. The lowest BCUT2D eigenvalue weighted by atomic mass is 10.00. The van der Waals surface area contributed by atoms with E-state index in [1.807, 2.05) is 6.07 Å². The number of aromatic nitrogens is 2. The molecule has 150 valence electrons. The molecule has 1 unspecified atom stereocenters. The van der Waals surface area contributed by atoms with Crippen molar-refractivity contribution in [1.29, 1.82) is 0 Å². The number of imide groups is 1. The molecule has 1 fully saturated rings. The van der Waals surface area contributed by atoms with E-state index in [0.717, 1.165) is 24.1 Å². The van der Waals surface area contributed by atoms with Crippen molar-refractivity contribution in [3.8, 4) is 0 Å². The Balaban J connectivity index is 1.30. The summed E-state index contributed by atoms with van der Waals surface area (Å²) in [5, 5.41) is 9.97. The first-order valence-electron chi connectivity index (χ1n) is 9.97. The minimum Gasteiger partial charge on any atom is -0.309 e. The van der Waals surface area contributed by atoms with Gasteiger partial charge in [-0.25, -0.2) is 4.90 Å². The van der Waals surface area contributed by atoms with Gasteiger partial charge in [-0.15, -0.1) is 0 Å². The number of hydrogen-bond acceptors (Lipinski definition) is 4. The van der Waals surface area contributed by atoms with Crippen LogP contribution in [-0.4, -0.2) is 27.9 Å². The van der Waals surface area contributed by atoms with E-state index in [9.17, 15) is 14.4 Å². The van der Waals surface area contributed by atoms with E-state index in [1.165, 1.54) is 4.90 Å². The van der Waals surface area contributed by atoms with Gasteiger partial charge >= 0.3 is 0 Å². The molecule has 0 bridgehead atoms. The summed E-state index contributed by atoms with van der Waals surface area (Å²) in [6.07, 6.45) is 2.32. The summed E-state index contributed by atoms with van der Waals surface area (Å²) in [6.45, 7) is 1.81. The summed E-state index contributed by atoms with van der Waals surface area (Å²) in [7, 11) is 0. The third-order valence-electron chi connectivity index (χ3n) is 5.70. The molecule has 0 radical (unpaired) electrons. The van der Waals surface area contributed by atoms with Crippen molar-refractivity contribution in [2.24, 2.45) is 0 Å². The van der Waals surface area contributed by atoms with Crippen molar-refractivity contribution < 1.29 is 14.4 Å². The molecular weight excluding hydrogens is 380 g/mol. The number of aromatic amines is 1. The quantitative estimate of drug-likeness (QED) is 0.637. The largest absolute Gasteiger partial charge is 0.309 e. The topological polar surface area (TPSA) is 95.2 Å². The van der Waals surface area contributed by atoms with Crippen molar-refractivity contribution >= 4 is 29.2 Å². The average molecular weight is 400 g/mol. The zero-order chi connectivity index (χ0) is 20.8. The Hall–Kier alpha value is -3.74. The first kappa shape index (κ1) is 18.3. The first-order valence-corrected chi connectivity index (χ1v) is 9.97. The van der Waals surface area contributed by atoms with Crippen molar-refractivity contribution in [2.75, 3.05) is 10.2 Å². The predicted octanol–water partition coefficient (Wildman–Crippen LogP) is 3.83. The monoisotopic (exact) mass is 400 g/mol. The van der Waals surface area contributed by atoms with Gasteiger partial charge in [0.2, 0.25) is 5.91 Å². The first-order chi connectivity index (χ1) is 14.5. The molecule has 2 aromatic carbocycles. The number of fused-ring (bicyclic) bond motifs is 1. The highest BCUT2D eigenvalue weighted by atomic mass is 16.2. The summed E-state index contributed by atoms with van der Waals surface area (Å²) in [5.41, 5.74) is 3.14. The molecular formula is C23H20N4O3. The lowest BCUT2D eigenvalue weighted by Crippen LogP contribution is -2.29. The number of carbonyl (C=O) groups excluding carboxylic acids is 3. The van der Waals surface area contributed by atoms with Crippen LogP contribution in [0.1, 0.15) is 63.6 Å². The van der Waals surface area contributed by atoms with Crippen LogP contribution >= 0.6 is 0 Å². The number of rotatable bonds is 5. The van der Waals surface area contributed by atoms with E-state index >= 15 is 0 Å². The molecule has 0 spiro atoms. The van der Waals surface area contributed by atoms with E-state index in [0.29, 0.717) is 28.6 Å². The van der Waals surface area contributed by atoms with Gasteiger partial charge in [-0.05, 0) is 49.6 Å². The molecule has 2 aliphatic rings. The summed E-state index contributed by atoms with van der Waals surface area (Å²) in [6, 6.07) is 15.6. The third-order valence-corrected chi connectivity index (χ3v) is 5.70. The van der Waals surface area contributed by atoms with E-state index < -0.39 is 5.92 Å². The Morgan fingerprint density at radius 3 is 2.30 bits per heavy atom. The smallest absolute Gasteiger partial charge is 0.266 e. The number of nitrogens with one attached hydrogen (secondary N) is 2. The summed E-state index contributed by atoms with van der Waals surface area (Å²) in [5.74, 6) is -0.190. The molecule has 2 heterocycles. The average Bonchev–Trinajstić information content (AvgIpc) is 3.46. The van der Waals surface area contributed by atoms with Gasteiger partial charge in [0.15, 0.2) is 5.82 Å². The molecule has 7 heteroatoms. The number of anilines is 2. The minimum atomic E-state index is -0.415. The van der Waals surface area contributed by atoms with Gasteiger partial charge < -0.3 is 5.32 Å². The van der Waals surface area contributed by atoms with Crippen LogP contribution in [0.2, 0.25) is 0 Å². The van der Waals surface area contributed by atoms with Crippen LogP contribution in [0.25, 0.3) is 0 Å². The normalized spacial score (nSPS) is 16.5. The Kier molecular flexibility index (Phi) is 4.24. The number of H-pyrrole nitrogens is 1. The highest BCUT2D eigenvalue weighted by molar-refractivity contribution is 6.34. The van der Waals surface area contributed by atoms with Crippen LogP contribution in [0, 0.1) is 0 Å². The molecule has 1 atom stereocenters. The minimum absolute atomic E-state index is 0.169. The number of benzene rings is 2. The van der Waals surface area contributed by atoms with Gasteiger partial charge in [-0.1, -0.05) is 24.3 Å². The van der Waals surface area contributed by atoms with Crippen molar-refractivity contribution in [2.45, 2.75) is 31.6 Å². The molecule has 7 nitrogen and oxygen atoms in total. The molecule has 3 aromatic rings. The van der Waals surface area contributed by atoms with Gasteiger partial charge in [0.05, 0.1) is 22.7 Å². The number of carbonyl (C=O) groups is 3. The molecule has 1 aromatic heterocycles. The van der Waals surface area contributed by atoms with Crippen LogP contribution in [0.3, 0.4) is 0 Å². The standard InChI is InChI=1S/C23H20N4O3/c1-13(21(28)24-20-12-19(25-26-20)15-6-7-15)14-8-10-16(11-9-14)27-22(29)17-4-2-3-5-18(17)23(27)30/h2-5,8-13,15H,6-7H2,1H3,(H2,24,25,26,28). The lowest BCUT2D eigenvalue weighted by Gasteiger charge is -2.16. The highest BCUT2D eigenvalue weighted by Crippen LogP contribution is 2.39. The van der Waals surface area contributed by atoms with Crippen LogP contribution in [0.4, 0.5) is 11.5 Å². The number of hydrogen-bond donors (Lipinski definition) is 2. The summed E-state index contributed by atoms with van der Waals surface area (Å²) < 4.78 is 0. The van der Waals surface area contributed by atoms with E-state index in [2.05, 4.69) is 15.5 Å². The molecule has 1 aliphatic carbocycles. The molecule has 3 amide bonds. The fourth-order valence-electron chi connectivity index (χ4n) is 3.73. The summed E-state index contributed by atoms with van der Waals surface area (Å²) in [4.78, 5) is 39.0. The zero-order valence-corrected chi connectivity index (χ0v) is 16.4. The van der Waals surface area contributed by atoms with Crippen LogP contribution in [0.5, 0.6) is 0 Å². The van der Waals surface area contributed by atoms with Gasteiger partial charge in [-0.2, -0.15) is 5.10 Å². The van der Waals surface area contributed by atoms with E-state index in [4.69, 9.17) is 0 Å². The van der Waals surface area contributed by atoms with Crippen LogP contribution in [0.15, 0.2) is 54.6 Å². The van der Waals surface area contributed by atoms with Crippen molar-refractivity contribution in [3.63, 3.8) is 0 Å². The van der Waals surface area contributed by atoms with Gasteiger partial charge in [-0.3, -0.25) is 19.5 Å². The second-order valence-corrected chi connectivity index (χ2v) is 7.78. The van der Waals surface area contributed by atoms with Crippen LogP contribution < -0.4 is 10.2 Å². The fourth-order valence-corrected chi connectivity index (χ4v) is 3.73. The van der Waals surface area contributed by atoms with Crippen molar-refractivity contribution in [3.05, 3.63) is 77.0 Å². The second-order valence-electron chi connectivity index (χ2n) is 7.78. The lowest BCUT2D eigenvalue weighted by molar-refractivity contribution is -0.117. The van der Waals surface area contributed by atoms with Gasteiger partial charge in [0.25, 0.3) is 11.8 Å². The second kappa shape index (κ2) is 6.95.